The second-order valence-corrected chi connectivity index (χ2v) is 4.39. The van der Waals surface area contributed by atoms with Crippen LogP contribution >= 0.6 is 0 Å². The van der Waals surface area contributed by atoms with Gasteiger partial charge in [-0.15, -0.1) is 5.10 Å². The average Bonchev–Trinajstić information content (AvgIpc) is 2.90. The van der Waals surface area contributed by atoms with E-state index in [1.54, 1.807) is 10.9 Å². The lowest BCUT2D eigenvalue weighted by atomic mass is 10.5. The zero-order valence-corrected chi connectivity index (χ0v) is 9.97. The largest absolute Gasteiger partial charge is 0.430 e. The second-order valence-electron chi connectivity index (χ2n) is 4.39. The van der Waals surface area contributed by atoms with Crippen LogP contribution in [0.2, 0.25) is 0 Å². The maximum absolute atomic E-state index is 5.41. The SMILES string of the molecule is Cc1nc(C)n(-c2nc(CNC3CC3)co2)n1. The summed E-state index contributed by atoms with van der Waals surface area (Å²) in [5.74, 6) is 1.50. The molecule has 3 rings (SSSR count). The van der Waals surface area contributed by atoms with Crippen molar-refractivity contribution in [1.29, 1.82) is 0 Å². The highest BCUT2D eigenvalue weighted by molar-refractivity contribution is 5.11. The first-order valence-corrected chi connectivity index (χ1v) is 5.81. The first-order chi connectivity index (χ1) is 8.22. The Bertz CT molecular complexity index is 526. The van der Waals surface area contributed by atoms with Gasteiger partial charge >= 0.3 is 6.01 Å². The molecule has 6 heteroatoms. The van der Waals surface area contributed by atoms with Gasteiger partial charge in [-0.25, -0.2) is 4.98 Å². The Labute approximate surface area is 99.1 Å². The van der Waals surface area contributed by atoms with Gasteiger partial charge in [0.1, 0.15) is 17.9 Å². The lowest BCUT2D eigenvalue weighted by Crippen LogP contribution is -2.15. The summed E-state index contributed by atoms with van der Waals surface area (Å²) in [4.78, 5) is 8.60. The highest BCUT2D eigenvalue weighted by Crippen LogP contribution is 2.19. The summed E-state index contributed by atoms with van der Waals surface area (Å²) < 4.78 is 7.03. The van der Waals surface area contributed by atoms with E-state index in [-0.39, 0.29) is 0 Å². The highest BCUT2D eigenvalue weighted by Gasteiger charge is 2.20. The summed E-state index contributed by atoms with van der Waals surface area (Å²) in [5.41, 5.74) is 0.902. The van der Waals surface area contributed by atoms with E-state index in [9.17, 15) is 0 Å². The maximum atomic E-state index is 5.41. The molecule has 0 radical (unpaired) electrons. The lowest BCUT2D eigenvalue weighted by Gasteiger charge is -1.96. The van der Waals surface area contributed by atoms with Crippen LogP contribution in [-0.2, 0) is 6.54 Å². The van der Waals surface area contributed by atoms with Gasteiger partial charge in [-0.1, -0.05) is 0 Å². The van der Waals surface area contributed by atoms with Crippen LogP contribution in [0.15, 0.2) is 10.7 Å². The molecular formula is C11H15N5O. The van der Waals surface area contributed by atoms with Crippen LogP contribution < -0.4 is 5.32 Å². The molecule has 0 aromatic carbocycles. The van der Waals surface area contributed by atoms with Crippen molar-refractivity contribution in [2.75, 3.05) is 0 Å². The van der Waals surface area contributed by atoms with E-state index in [0.29, 0.717) is 12.1 Å². The molecule has 1 N–H and O–H groups in total. The fourth-order valence-electron chi connectivity index (χ4n) is 1.71. The number of nitrogens with zero attached hydrogens (tertiary/aromatic N) is 4. The van der Waals surface area contributed by atoms with Crippen LogP contribution in [0.5, 0.6) is 0 Å². The quantitative estimate of drug-likeness (QED) is 0.857. The lowest BCUT2D eigenvalue weighted by molar-refractivity contribution is 0.503. The molecule has 0 atom stereocenters. The van der Waals surface area contributed by atoms with Crippen LogP contribution in [-0.4, -0.2) is 25.8 Å². The monoisotopic (exact) mass is 233 g/mol. The van der Waals surface area contributed by atoms with Crippen LogP contribution in [0, 0.1) is 13.8 Å². The molecule has 0 saturated heterocycles. The van der Waals surface area contributed by atoms with E-state index < -0.39 is 0 Å². The zero-order chi connectivity index (χ0) is 11.8. The predicted molar refractivity (Wildman–Crippen MR) is 60.8 cm³/mol. The number of aryl methyl sites for hydroxylation is 2. The number of hydrogen-bond acceptors (Lipinski definition) is 5. The van der Waals surface area contributed by atoms with Gasteiger partial charge in [-0.2, -0.15) is 9.67 Å². The van der Waals surface area contributed by atoms with Gasteiger partial charge < -0.3 is 9.73 Å². The third-order valence-corrected chi connectivity index (χ3v) is 2.74. The van der Waals surface area contributed by atoms with Crippen LogP contribution in [0.4, 0.5) is 0 Å². The molecule has 1 aliphatic carbocycles. The first-order valence-electron chi connectivity index (χ1n) is 5.81. The molecule has 17 heavy (non-hydrogen) atoms. The summed E-state index contributed by atoms with van der Waals surface area (Å²) in [6.45, 7) is 4.48. The van der Waals surface area contributed by atoms with Crippen molar-refractivity contribution in [2.24, 2.45) is 0 Å². The van der Waals surface area contributed by atoms with Crippen molar-refractivity contribution in [3.63, 3.8) is 0 Å². The molecule has 1 fully saturated rings. The normalized spacial score (nSPS) is 15.4. The summed E-state index contributed by atoms with van der Waals surface area (Å²) in [5, 5.41) is 7.62. The average molecular weight is 233 g/mol. The molecule has 6 nitrogen and oxygen atoms in total. The fourth-order valence-corrected chi connectivity index (χ4v) is 1.71. The van der Waals surface area contributed by atoms with Gasteiger partial charge in [0.25, 0.3) is 0 Å². The second kappa shape index (κ2) is 3.96. The standard InChI is InChI=1S/C11H15N5O/c1-7-13-8(2)16(15-7)11-14-10(6-17-11)5-12-9-3-4-9/h6,9,12H,3-5H2,1-2H3. The van der Waals surface area contributed by atoms with Crippen LogP contribution in [0.25, 0.3) is 6.01 Å². The van der Waals surface area contributed by atoms with E-state index in [4.69, 9.17) is 4.42 Å². The van der Waals surface area contributed by atoms with E-state index >= 15 is 0 Å². The van der Waals surface area contributed by atoms with Crippen molar-refractivity contribution >= 4 is 0 Å². The van der Waals surface area contributed by atoms with Gasteiger partial charge in [0, 0.05) is 12.6 Å². The van der Waals surface area contributed by atoms with E-state index in [0.717, 1.165) is 23.9 Å². The molecule has 2 heterocycles. The molecule has 2 aromatic rings. The van der Waals surface area contributed by atoms with Gasteiger partial charge in [-0.3, -0.25) is 0 Å². The zero-order valence-electron chi connectivity index (χ0n) is 9.97. The predicted octanol–water partition coefficient (Wildman–Crippen LogP) is 1.12. The Balaban J connectivity index is 1.76. The van der Waals surface area contributed by atoms with E-state index in [2.05, 4.69) is 20.4 Å². The van der Waals surface area contributed by atoms with Gasteiger partial charge in [-0.05, 0) is 26.7 Å². The number of rotatable bonds is 4. The molecule has 0 aliphatic heterocycles. The number of hydrogen-bond donors (Lipinski definition) is 1. The smallest absolute Gasteiger partial charge is 0.324 e. The van der Waals surface area contributed by atoms with Crippen molar-refractivity contribution in [3.8, 4) is 6.01 Å². The molecule has 1 saturated carbocycles. The molecule has 0 spiro atoms. The van der Waals surface area contributed by atoms with Crippen molar-refractivity contribution < 1.29 is 4.42 Å². The number of nitrogens with one attached hydrogen (secondary N) is 1. The molecule has 0 bridgehead atoms. The summed E-state index contributed by atoms with van der Waals surface area (Å²) in [6.07, 6.45) is 4.21. The molecule has 1 aliphatic rings. The van der Waals surface area contributed by atoms with E-state index in [1.165, 1.54) is 12.8 Å². The third-order valence-electron chi connectivity index (χ3n) is 2.74. The molecule has 0 amide bonds. The Morgan fingerprint density at radius 3 is 2.88 bits per heavy atom. The number of oxazole rings is 1. The summed E-state index contributed by atoms with van der Waals surface area (Å²) in [6, 6.07) is 1.15. The van der Waals surface area contributed by atoms with Crippen LogP contribution in [0.1, 0.15) is 30.2 Å². The Morgan fingerprint density at radius 1 is 1.41 bits per heavy atom. The van der Waals surface area contributed by atoms with Gasteiger partial charge in [0.2, 0.25) is 0 Å². The van der Waals surface area contributed by atoms with Gasteiger partial charge in [0.05, 0.1) is 5.69 Å². The van der Waals surface area contributed by atoms with Crippen LogP contribution in [0.3, 0.4) is 0 Å². The van der Waals surface area contributed by atoms with Gasteiger partial charge in [0.15, 0.2) is 0 Å². The Kier molecular flexibility index (Phi) is 2.44. The molecule has 2 aromatic heterocycles. The van der Waals surface area contributed by atoms with Crippen molar-refractivity contribution in [3.05, 3.63) is 23.6 Å². The van der Waals surface area contributed by atoms with E-state index in [1.807, 2.05) is 13.8 Å². The Hall–Kier alpha value is -1.69. The summed E-state index contributed by atoms with van der Waals surface area (Å²) >= 11 is 0. The minimum absolute atomic E-state index is 0.482. The van der Waals surface area contributed by atoms with Crippen molar-refractivity contribution in [2.45, 2.75) is 39.3 Å². The molecule has 0 unspecified atom stereocenters. The Morgan fingerprint density at radius 2 is 2.24 bits per heavy atom. The van der Waals surface area contributed by atoms with Crippen molar-refractivity contribution in [1.82, 2.24) is 25.1 Å². The third kappa shape index (κ3) is 2.21. The molecular weight excluding hydrogens is 218 g/mol. The minimum Gasteiger partial charge on any atom is -0.430 e. The first kappa shape index (κ1) is 10.5. The maximum Gasteiger partial charge on any atom is 0.324 e. The highest BCUT2D eigenvalue weighted by atomic mass is 16.4. The number of aromatic nitrogens is 4. The summed E-state index contributed by atoms with van der Waals surface area (Å²) in [7, 11) is 0. The fraction of sp³-hybridized carbons (Fsp3) is 0.545. The molecule has 90 valence electrons. The minimum atomic E-state index is 0.482. The topological polar surface area (TPSA) is 68.8 Å².